The summed E-state index contributed by atoms with van der Waals surface area (Å²) in [5, 5.41) is 0. The maximum atomic E-state index is 11.8. The van der Waals surface area contributed by atoms with Gasteiger partial charge >= 0.3 is 5.97 Å². The number of hydrogen-bond acceptors (Lipinski definition) is 2. The molecule has 0 saturated carbocycles. The van der Waals surface area contributed by atoms with Crippen molar-refractivity contribution in [2.24, 2.45) is 0 Å². The molecular weight excluding hydrogens is 224 g/mol. The van der Waals surface area contributed by atoms with E-state index in [2.05, 4.69) is 18.2 Å². The highest BCUT2D eigenvalue weighted by Crippen LogP contribution is 2.28. The number of carbonyl (C=O) groups excluding carboxylic acids is 1. The third kappa shape index (κ3) is 2.28. The van der Waals surface area contributed by atoms with E-state index >= 15 is 0 Å². The van der Waals surface area contributed by atoms with Crippen LogP contribution >= 0.6 is 0 Å². The van der Waals surface area contributed by atoms with Crippen molar-refractivity contribution in [3.05, 3.63) is 59.2 Å². The van der Waals surface area contributed by atoms with Crippen LogP contribution in [0.2, 0.25) is 0 Å². The van der Waals surface area contributed by atoms with Gasteiger partial charge in [-0.05, 0) is 36.6 Å². The first-order valence-electron chi connectivity index (χ1n) is 5.88. The van der Waals surface area contributed by atoms with E-state index in [0.29, 0.717) is 5.56 Å². The van der Waals surface area contributed by atoms with Gasteiger partial charge in [0.1, 0.15) is 0 Å². The van der Waals surface area contributed by atoms with Gasteiger partial charge in [-0.1, -0.05) is 42.0 Å². The summed E-state index contributed by atoms with van der Waals surface area (Å²) in [5.74, 6) is -0.300. The third-order valence-corrected chi connectivity index (χ3v) is 3.02. The predicted molar refractivity (Wildman–Crippen MR) is 72.7 cm³/mol. The molecule has 2 aromatic rings. The van der Waals surface area contributed by atoms with Crippen molar-refractivity contribution in [3.8, 4) is 11.1 Å². The summed E-state index contributed by atoms with van der Waals surface area (Å²) in [4.78, 5) is 11.8. The number of carbonyl (C=O) groups is 1. The summed E-state index contributed by atoms with van der Waals surface area (Å²) in [7, 11) is 1.40. The lowest BCUT2D eigenvalue weighted by atomic mass is 9.94. The fourth-order valence-electron chi connectivity index (χ4n) is 2.03. The van der Waals surface area contributed by atoms with Crippen LogP contribution in [0.1, 0.15) is 21.5 Å². The van der Waals surface area contributed by atoms with Crippen LogP contribution in [-0.2, 0) is 4.74 Å². The molecule has 0 amide bonds. The van der Waals surface area contributed by atoms with Crippen LogP contribution in [0.5, 0.6) is 0 Å². The van der Waals surface area contributed by atoms with E-state index < -0.39 is 0 Å². The Bertz CT molecular complexity index is 585. The molecule has 0 aromatic heterocycles. The Kier molecular flexibility index (Phi) is 3.47. The summed E-state index contributed by atoms with van der Waals surface area (Å²) in [6.07, 6.45) is 0. The fourth-order valence-corrected chi connectivity index (χ4v) is 2.03. The Morgan fingerprint density at radius 3 is 2.44 bits per heavy atom. The first kappa shape index (κ1) is 12.4. The van der Waals surface area contributed by atoms with Crippen LogP contribution in [-0.4, -0.2) is 13.1 Å². The second kappa shape index (κ2) is 5.05. The maximum absolute atomic E-state index is 11.8. The molecule has 0 saturated heterocycles. The summed E-state index contributed by atoms with van der Waals surface area (Å²) in [6, 6.07) is 13.8. The Morgan fingerprint density at radius 2 is 1.72 bits per heavy atom. The van der Waals surface area contributed by atoms with Crippen molar-refractivity contribution < 1.29 is 9.53 Å². The minimum absolute atomic E-state index is 0.300. The molecule has 2 nitrogen and oxygen atoms in total. The van der Waals surface area contributed by atoms with E-state index in [4.69, 9.17) is 4.74 Å². The first-order valence-corrected chi connectivity index (χ1v) is 5.88. The van der Waals surface area contributed by atoms with Crippen molar-refractivity contribution in [3.63, 3.8) is 0 Å². The summed E-state index contributed by atoms with van der Waals surface area (Å²) < 4.78 is 4.83. The number of rotatable bonds is 2. The fraction of sp³-hybridized carbons (Fsp3) is 0.188. The van der Waals surface area contributed by atoms with Crippen molar-refractivity contribution in [2.75, 3.05) is 7.11 Å². The zero-order valence-corrected chi connectivity index (χ0v) is 10.9. The number of ether oxygens (including phenoxy) is 1. The number of methoxy groups -OCH3 is 1. The van der Waals surface area contributed by atoms with Gasteiger partial charge < -0.3 is 4.74 Å². The van der Waals surface area contributed by atoms with Crippen LogP contribution in [0, 0.1) is 13.8 Å². The van der Waals surface area contributed by atoms with Crippen LogP contribution in [0.15, 0.2) is 42.5 Å². The molecule has 2 aromatic carbocycles. The second-order valence-electron chi connectivity index (χ2n) is 4.36. The molecule has 0 aliphatic heterocycles. The van der Waals surface area contributed by atoms with E-state index in [1.165, 1.54) is 12.7 Å². The Balaban J connectivity index is 2.64. The van der Waals surface area contributed by atoms with Crippen molar-refractivity contribution in [1.82, 2.24) is 0 Å². The van der Waals surface area contributed by atoms with Gasteiger partial charge in [-0.25, -0.2) is 4.79 Å². The molecule has 0 unspecified atom stereocenters. The average molecular weight is 240 g/mol. The quantitative estimate of drug-likeness (QED) is 0.747. The first-order chi connectivity index (χ1) is 8.63. The SMILES string of the molecule is COC(=O)c1ccccc1-c1cc(C)ccc1C. The van der Waals surface area contributed by atoms with Crippen LogP contribution in [0.25, 0.3) is 11.1 Å². The molecule has 0 heterocycles. The van der Waals surface area contributed by atoms with Gasteiger partial charge in [0.05, 0.1) is 12.7 Å². The number of benzene rings is 2. The van der Waals surface area contributed by atoms with Crippen molar-refractivity contribution in [1.29, 1.82) is 0 Å². The molecule has 0 spiro atoms. The molecular formula is C16H16O2. The van der Waals surface area contributed by atoms with Crippen LogP contribution in [0.4, 0.5) is 0 Å². The van der Waals surface area contributed by atoms with Crippen LogP contribution in [0.3, 0.4) is 0 Å². The molecule has 0 fully saturated rings. The molecule has 18 heavy (non-hydrogen) atoms. The smallest absolute Gasteiger partial charge is 0.338 e. The summed E-state index contributed by atoms with van der Waals surface area (Å²) in [5.41, 5.74) is 4.93. The third-order valence-electron chi connectivity index (χ3n) is 3.02. The topological polar surface area (TPSA) is 26.3 Å². The largest absolute Gasteiger partial charge is 0.465 e. The van der Waals surface area contributed by atoms with Crippen molar-refractivity contribution >= 4 is 5.97 Å². The zero-order chi connectivity index (χ0) is 13.1. The highest BCUT2D eigenvalue weighted by Gasteiger charge is 2.13. The van der Waals surface area contributed by atoms with Gasteiger partial charge in [-0.3, -0.25) is 0 Å². The molecule has 0 bridgehead atoms. The molecule has 0 aliphatic rings. The molecule has 0 aliphatic carbocycles. The number of esters is 1. The number of hydrogen-bond donors (Lipinski definition) is 0. The van der Waals surface area contributed by atoms with Crippen molar-refractivity contribution in [2.45, 2.75) is 13.8 Å². The van der Waals surface area contributed by atoms with E-state index in [-0.39, 0.29) is 5.97 Å². The Morgan fingerprint density at radius 1 is 1.00 bits per heavy atom. The zero-order valence-electron chi connectivity index (χ0n) is 10.9. The monoisotopic (exact) mass is 240 g/mol. The lowest BCUT2D eigenvalue weighted by Gasteiger charge is -2.11. The minimum Gasteiger partial charge on any atom is -0.465 e. The summed E-state index contributed by atoms with van der Waals surface area (Å²) in [6.45, 7) is 4.09. The predicted octanol–water partition coefficient (Wildman–Crippen LogP) is 3.76. The highest BCUT2D eigenvalue weighted by molar-refractivity contribution is 5.97. The molecule has 0 atom stereocenters. The molecule has 0 N–H and O–H groups in total. The number of aryl methyl sites for hydroxylation is 2. The second-order valence-corrected chi connectivity index (χ2v) is 4.36. The van der Waals surface area contributed by atoms with Crippen LogP contribution < -0.4 is 0 Å². The van der Waals surface area contributed by atoms with Gasteiger partial charge in [0.2, 0.25) is 0 Å². The van der Waals surface area contributed by atoms with E-state index in [1.54, 1.807) is 6.07 Å². The summed E-state index contributed by atoms with van der Waals surface area (Å²) >= 11 is 0. The van der Waals surface area contributed by atoms with E-state index in [9.17, 15) is 4.79 Å². The molecule has 92 valence electrons. The van der Waals surface area contributed by atoms with E-state index in [0.717, 1.165) is 16.7 Å². The van der Waals surface area contributed by atoms with Gasteiger partial charge in [-0.15, -0.1) is 0 Å². The van der Waals surface area contributed by atoms with E-state index in [1.807, 2.05) is 32.0 Å². The Hall–Kier alpha value is -2.09. The lowest BCUT2D eigenvalue weighted by Crippen LogP contribution is -2.03. The minimum atomic E-state index is -0.300. The van der Waals surface area contributed by atoms with Gasteiger partial charge in [-0.2, -0.15) is 0 Å². The normalized spacial score (nSPS) is 10.2. The standard InChI is InChI=1S/C16H16O2/c1-11-8-9-12(2)15(10-11)13-6-4-5-7-14(13)16(17)18-3/h4-10H,1-3H3. The van der Waals surface area contributed by atoms with Gasteiger partial charge in [0.25, 0.3) is 0 Å². The maximum Gasteiger partial charge on any atom is 0.338 e. The average Bonchev–Trinajstić information content (AvgIpc) is 2.40. The molecule has 2 rings (SSSR count). The van der Waals surface area contributed by atoms with Gasteiger partial charge in [0.15, 0.2) is 0 Å². The molecule has 0 radical (unpaired) electrons. The highest BCUT2D eigenvalue weighted by atomic mass is 16.5. The Labute approximate surface area is 107 Å². The lowest BCUT2D eigenvalue weighted by molar-refractivity contribution is 0.0601. The van der Waals surface area contributed by atoms with Gasteiger partial charge in [0, 0.05) is 0 Å². The molecule has 2 heteroatoms.